The number of carbonyl (C=O) groups is 3. The van der Waals surface area contributed by atoms with Gasteiger partial charge in [0, 0.05) is 7.05 Å². The second kappa shape index (κ2) is 8.79. The molecule has 0 aliphatic carbocycles. The van der Waals surface area contributed by atoms with Crippen molar-refractivity contribution < 1.29 is 63.4 Å². The molecule has 6 nitrogen and oxygen atoms in total. The Labute approximate surface area is 161 Å². The summed E-state index contributed by atoms with van der Waals surface area (Å²) in [6, 6.07) is 3.05. The molecule has 168 valence electrons. The van der Waals surface area contributed by atoms with Gasteiger partial charge in [0.1, 0.15) is 11.9 Å². The monoisotopic (exact) mass is 455 g/mol. The van der Waals surface area contributed by atoms with Gasteiger partial charge in [0.05, 0.1) is 6.54 Å². The van der Waals surface area contributed by atoms with Gasteiger partial charge in [-0.1, -0.05) is 12.1 Å². The highest BCUT2D eigenvalue weighted by molar-refractivity contribution is 5.82. The van der Waals surface area contributed by atoms with Crippen LogP contribution in [0.15, 0.2) is 24.3 Å². The van der Waals surface area contributed by atoms with Crippen LogP contribution in [0.2, 0.25) is 0 Å². The van der Waals surface area contributed by atoms with Crippen molar-refractivity contribution in [3.63, 3.8) is 0 Å². The molecule has 1 amide bonds. The summed E-state index contributed by atoms with van der Waals surface area (Å²) in [7, 11) is 0.539. The maximum Gasteiger partial charge on any atom is 0.491 e. The van der Waals surface area contributed by atoms with Crippen molar-refractivity contribution >= 4 is 17.8 Å². The molecule has 1 atom stereocenters. The Morgan fingerprint density at radius 2 is 1.43 bits per heavy atom. The maximum atomic E-state index is 12.5. The average Bonchev–Trinajstić information content (AvgIpc) is 2.58. The average molecular weight is 455 g/mol. The van der Waals surface area contributed by atoms with E-state index in [1.807, 2.05) is 0 Å². The number of ether oxygens (including phenoxy) is 2. The topological polar surface area (TPSA) is 72.9 Å². The molecule has 1 aromatic rings. The van der Waals surface area contributed by atoms with Gasteiger partial charge < -0.3 is 14.4 Å². The zero-order valence-corrected chi connectivity index (χ0v) is 14.5. The van der Waals surface area contributed by atoms with Gasteiger partial charge in [0.15, 0.2) is 0 Å². The molecule has 0 aromatic heterocycles. The second-order valence-corrected chi connectivity index (χ2v) is 5.53. The van der Waals surface area contributed by atoms with Crippen LogP contribution in [0.1, 0.15) is 11.7 Å². The quantitative estimate of drug-likeness (QED) is 0.387. The molecular formula is C15H10F9NO5. The molecule has 0 saturated heterocycles. The lowest BCUT2D eigenvalue weighted by atomic mass is 10.1. The lowest BCUT2D eigenvalue weighted by Crippen LogP contribution is -2.41. The standard InChI is InChI=1S/C15H10F9NO5/c1-25(10(26)13(16,17)18)6-9(30-12(28)15(22,23)24)7-3-2-4-8(5-7)29-11(27)14(19,20)21/h2-5,9H,6H2,1H3. The van der Waals surface area contributed by atoms with Crippen molar-refractivity contribution in [3.8, 4) is 5.75 Å². The first-order chi connectivity index (χ1) is 13.4. The molecule has 0 aliphatic heterocycles. The second-order valence-electron chi connectivity index (χ2n) is 5.53. The van der Waals surface area contributed by atoms with Crippen LogP contribution in [-0.4, -0.2) is 54.9 Å². The van der Waals surface area contributed by atoms with Crippen LogP contribution in [0.5, 0.6) is 5.75 Å². The summed E-state index contributed by atoms with van der Waals surface area (Å²) in [5, 5.41) is 0. The van der Waals surface area contributed by atoms with Crippen molar-refractivity contribution in [1.82, 2.24) is 4.90 Å². The molecule has 15 heteroatoms. The summed E-state index contributed by atoms with van der Waals surface area (Å²) < 4.78 is 120. The summed E-state index contributed by atoms with van der Waals surface area (Å²) in [6.07, 6.45) is -18.6. The van der Waals surface area contributed by atoms with E-state index >= 15 is 0 Å². The number of benzene rings is 1. The van der Waals surface area contributed by atoms with E-state index in [-0.39, 0.29) is 4.90 Å². The van der Waals surface area contributed by atoms with Gasteiger partial charge in [0.2, 0.25) is 0 Å². The number of esters is 2. The lowest BCUT2D eigenvalue weighted by molar-refractivity contribution is -0.207. The normalized spacial score (nSPS) is 13.4. The van der Waals surface area contributed by atoms with Gasteiger partial charge >= 0.3 is 36.4 Å². The molecule has 1 unspecified atom stereocenters. The van der Waals surface area contributed by atoms with Gasteiger partial charge in [-0.25, -0.2) is 9.59 Å². The Bertz CT molecular complexity index is 801. The highest BCUT2D eigenvalue weighted by atomic mass is 19.4. The molecule has 0 spiro atoms. The van der Waals surface area contributed by atoms with E-state index in [4.69, 9.17) is 0 Å². The molecule has 0 N–H and O–H groups in total. The molecule has 0 aliphatic rings. The van der Waals surface area contributed by atoms with E-state index < -0.39 is 60.3 Å². The van der Waals surface area contributed by atoms with E-state index in [9.17, 15) is 53.9 Å². The van der Waals surface area contributed by atoms with Crippen molar-refractivity contribution in [1.29, 1.82) is 0 Å². The maximum absolute atomic E-state index is 12.5. The minimum atomic E-state index is -5.56. The minimum absolute atomic E-state index is 0.108. The Morgan fingerprint density at radius 1 is 0.900 bits per heavy atom. The number of alkyl halides is 9. The first-order valence-corrected chi connectivity index (χ1v) is 7.42. The lowest BCUT2D eigenvalue weighted by Gasteiger charge is -2.25. The summed E-state index contributed by atoms with van der Waals surface area (Å²) in [6.45, 7) is -1.25. The third-order valence-corrected chi connectivity index (χ3v) is 3.18. The minimum Gasteiger partial charge on any atom is -0.449 e. The molecule has 0 saturated carbocycles. The van der Waals surface area contributed by atoms with E-state index in [1.165, 1.54) is 0 Å². The SMILES string of the molecule is CN(CC(OC(=O)C(F)(F)F)c1cccc(OC(=O)C(F)(F)F)c1)C(=O)C(F)(F)F. The summed E-state index contributed by atoms with van der Waals surface area (Å²) in [4.78, 5) is 33.0. The van der Waals surface area contributed by atoms with E-state index in [0.29, 0.717) is 13.1 Å². The highest BCUT2D eigenvalue weighted by Crippen LogP contribution is 2.29. The van der Waals surface area contributed by atoms with Gasteiger partial charge in [0.25, 0.3) is 0 Å². The molecule has 1 aromatic carbocycles. The predicted molar refractivity (Wildman–Crippen MR) is 76.7 cm³/mol. The van der Waals surface area contributed by atoms with Gasteiger partial charge in [-0.3, -0.25) is 4.79 Å². The zero-order valence-electron chi connectivity index (χ0n) is 14.5. The number of rotatable bonds is 5. The van der Waals surface area contributed by atoms with Crippen LogP contribution in [0.25, 0.3) is 0 Å². The number of carbonyl (C=O) groups excluding carboxylic acids is 3. The van der Waals surface area contributed by atoms with Gasteiger partial charge in [-0.2, -0.15) is 39.5 Å². The number of hydrogen-bond acceptors (Lipinski definition) is 5. The first kappa shape index (κ1) is 25.0. The van der Waals surface area contributed by atoms with Crippen molar-refractivity contribution in [2.75, 3.05) is 13.6 Å². The number of amides is 1. The van der Waals surface area contributed by atoms with Crippen LogP contribution in [0.4, 0.5) is 39.5 Å². The number of halogens is 9. The van der Waals surface area contributed by atoms with E-state index in [0.717, 1.165) is 18.2 Å². The Kier molecular flexibility index (Phi) is 7.33. The van der Waals surface area contributed by atoms with Crippen molar-refractivity contribution in [3.05, 3.63) is 29.8 Å². The third-order valence-electron chi connectivity index (χ3n) is 3.18. The molecule has 0 radical (unpaired) electrons. The van der Waals surface area contributed by atoms with Crippen molar-refractivity contribution in [2.24, 2.45) is 0 Å². The fourth-order valence-electron chi connectivity index (χ4n) is 1.90. The third kappa shape index (κ3) is 7.11. The van der Waals surface area contributed by atoms with Crippen LogP contribution in [0, 0.1) is 0 Å². The van der Waals surface area contributed by atoms with Crippen LogP contribution in [-0.2, 0) is 19.1 Å². The predicted octanol–water partition coefficient (Wildman–Crippen LogP) is 3.32. The number of likely N-dealkylation sites (N-methyl/N-ethyl adjacent to an activating group) is 1. The highest BCUT2D eigenvalue weighted by Gasteiger charge is 2.45. The Balaban J connectivity index is 3.21. The fourth-order valence-corrected chi connectivity index (χ4v) is 1.90. The van der Waals surface area contributed by atoms with Crippen LogP contribution >= 0.6 is 0 Å². The Morgan fingerprint density at radius 3 is 1.90 bits per heavy atom. The van der Waals surface area contributed by atoms with Gasteiger partial charge in [-0.05, 0) is 17.7 Å². The zero-order chi connectivity index (χ0) is 23.5. The molecule has 0 bridgehead atoms. The van der Waals surface area contributed by atoms with Gasteiger partial charge in [-0.15, -0.1) is 0 Å². The molecule has 1 rings (SSSR count). The number of nitrogens with zero attached hydrogens (tertiary/aromatic N) is 1. The summed E-state index contributed by atoms with van der Waals surface area (Å²) >= 11 is 0. The van der Waals surface area contributed by atoms with Crippen LogP contribution < -0.4 is 4.74 Å². The van der Waals surface area contributed by atoms with E-state index in [2.05, 4.69) is 9.47 Å². The molecule has 30 heavy (non-hydrogen) atoms. The number of hydrogen-bond donors (Lipinski definition) is 0. The molecule has 0 fully saturated rings. The first-order valence-electron chi connectivity index (χ1n) is 7.42. The molecular weight excluding hydrogens is 445 g/mol. The largest absolute Gasteiger partial charge is 0.491 e. The van der Waals surface area contributed by atoms with E-state index in [1.54, 1.807) is 0 Å². The smallest absolute Gasteiger partial charge is 0.449 e. The summed E-state index contributed by atoms with van der Waals surface area (Å²) in [5.74, 6) is -8.87. The van der Waals surface area contributed by atoms with Crippen molar-refractivity contribution in [2.45, 2.75) is 24.6 Å². The molecule has 0 heterocycles. The van der Waals surface area contributed by atoms with Crippen LogP contribution in [0.3, 0.4) is 0 Å². The fraction of sp³-hybridized carbons (Fsp3) is 0.400. The summed E-state index contributed by atoms with van der Waals surface area (Å²) in [5.41, 5.74) is -0.582. The Hall–Kier alpha value is -3.00.